The van der Waals surface area contributed by atoms with E-state index in [0.717, 1.165) is 25.4 Å². The normalized spacial score (nSPS) is 26.0. The summed E-state index contributed by atoms with van der Waals surface area (Å²) in [6, 6.07) is 10.3. The minimum Gasteiger partial charge on any atom is -0.378 e. The molecule has 1 aliphatic heterocycles. The lowest BCUT2D eigenvalue weighted by molar-refractivity contribution is -0.0238. The first-order valence-corrected chi connectivity index (χ1v) is 10.2. The number of ether oxygens (including phenoxy) is 1. The zero-order valence-corrected chi connectivity index (χ0v) is 15.4. The van der Waals surface area contributed by atoms with Gasteiger partial charge in [-0.05, 0) is 37.2 Å². The molecule has 6 heteroatoms. The Morgan fingerprint density at radius 3 is 2.50 bits per heavy atom. The predicted molar refractivity (Wildman–Crippen MR) is 94.9 cm³/mol. The molecule has 1 saturated heterocycles. The number of rotatable bonds is 7. The molecule has 0 N–H and O–H groups in total. The summed E-state index contributed by atoms with van der Waals surface area (Å²) in [4.78, 5) is 0. The van der Waals surface area contributed by atoms with Crippen molar-refractivity contribution in [1.82, 2.24) is 8.61 Å². The van der Waals surface area contributed by atoms with Gasteiger partial charge in [0.2, 0.25) is 0 Å². The van der Waals surface area contributed by atoms with E-state index in [0.29, 0.717) is 13.1 Å². The zero-order valence-electron chi connectivity index (χ0n) is 14.6. The maximum atomic E-state index is 12.5. The lowest BCUT2D eigenvalue weighted by Gasteiger charge is -2.38. The van der Waals surface area contributed by atoms with Crippen molar-refractivity contribution in [2.75, 3.05) is 33.8 Å². The molecule has 0 unspecified atom stereocenters. The highest BCUT2D eigenvalue weighted by molar-refractivity contribution is 7.86. The largest absolute Gasteiger partial charge is 0.378 e. The molecule has 134 valence electrons. The average Bonchev–Trinajstić information content (AvgIpc) is 3.38. The van der Waals surface area contributed by atoms with E-state index in [1.54, 1.807) is 18.4 Å². The molecule has 1 aromatic rings. The third-order valence-corrected chi connectivity index (χ3v) is 6.91. The van der Waals surface area contributed by atoms with Crippen LogP contribution >= 0.6 is 0 Å². The van der Waals surface area contributed by atoms with Crippen LogP contribution in [0.15, 0.2) is 30.3 Å². The Labute approximate surface area is 145 Å². The molecule has 24 heavy (non-hydrogen) atoms. The van der Waals surface area contributed by atoms with Crippen LogP contribution in [0.5, 0.6) is 0 Å². The molecular weight excluding hydrogens is 324 g/mol. The smallest absolute Gasteiger partial charge is 0.281 e. The van der Waals surface area contributed by atoms with Gasteiger partial charge in [-0.25, -0.2) is 0 Å². The van der Waals surface area contributed by atoms with Crippen molar-refractivity contribution >= 4 is 10.2 Å². The summed E-state index contributed by atoms with van der Waals surface area (Å²) >= 11 is 0. The van der Waals surface area contributed by atoms with Gasteiger partial charge < -0.3 is 4.74 Å². The number of piperidine rings is 1. The van der Waals surface area contributed by atoms with E-state index < -0.39 is 10.2 Å². The number of hydrogen-bond acceptors (Lipinski definition) is 3. The van der Waals surface area contributed by atoms with Crippen LogP contribution in [0.3, 0.4) is 0 Å². The van der Waals surface area contributed by atoms with Gasteiger partial charge in [0, 0.05) is 39.7 Å². The van der Waals surface area contributed by atoms with E-state index in [-0.39, 0.29) is 12.0 Å². The third-order valence-electron chi connectivity index (χ3n) is 5.00. The van der Waals surface area contributed by atoms with Crippen LogP contribution in [0.1, 0.15) is 24.8 Å². The monoisotopic (exact) mass is 352 g/mol. The van der Waals surface area contributed by atoms with Crippen molar-refractivity contribution < 1.29 is 13.2 Å². The second kappa shape index (κ2) is 7.52. The minimum absolute atomic E-state index is 0.152. The van der Waals surface area contributed by atoms with Crippen LogP contribution in [0.4, 0.5) is 0 Å². The molecule has 2 aliphatic rings. The maximum Gasteiger partial charge on any atom is 0.281 e. The number of benzene rings is 1. The zero-order chi connectivity index (χ0) is 17.2. The first kappa shape index (κ1) is 17.9. The van der Waals surface area contributed by atoms with Crippen LogP contribution in [0.2, 0.25) is 0 Å². The van der Waals surface area contributed by atoms with E-state index in [9.17, 15) is 8.42 Å². The second-order valence-corrected chi connectivity index (χ2v) is 9.34. The van der Waals surface area contributed by atoms with Gasteiger partial charge in [-0.2, -0.15) is 17.0 Å². The quantitative estimate of drug-likeness (QED) is 0.755. The van der Waals surface area contributed by atoms with Gasteiger partial charge in [-0.1, -0.05) is 30.3 Å². The fourth-order valence-corrected chi connectivity index (χ4v) is 4.47. The van der Waals surface area contributed by atoms with E-state index in [1.807, 2.05) is 18.2 Å². The summed E-state index contributed by atoms with van der Waals surface area (Å²) in [5.74, 6) is 0.931. The Morgan fingerprint density at radius 1 is 1.17 bits per heavy atom. The van der Waals surface area contributed by atoms with Crippen molar-refractivity contribution in [3.8, 4) is 0 Å². The molecule has 0 radical (unpaired) electrons. The molecule has 0 spiro atoms. The van der Waals surface area contributed by atoms with Gasteiger partial charge in [0.15, 0.2) is 0 Å². The van der Waals surface area contributed by atoms with Crippen molar-refractivity contribution in [2.24, 2.45) is 11.8 Å². The van der Waals surface area contributed by atoms with E-state index in [1.165, 1.54) is 22.7 Å². The van der Waals surface area contributed by atoms with Crippen molar-refractivity contribution in [2.45, 2.75) is 31.8 Å². The van der Waals surface area contributed by atoms with Gasteiger partial charge >= 0.3 is 0 Å². The minimum atomic E-state index is -3.36. The van der Waals surface area contributed by atoms with Gasteiger partial charge in [0.1, 0.15) is 0 Å². The standard InChI is InChI=1S/C18H28N2O3S/c1-19(2)24(21,22)20-11-10-18(23-14-16-8-9-16)17(13-20)12-15-6-4-3-5-7-15/h3-7,16-18H,8-14H2,1-2H3/t17-,18+/m1/s1. The first-order chi connectivity index (χ1) is 11.5. The van der Waals surface area contributed by atoms with E-state index in [4.69, 9.17) is 4.74 Å². The molecule has 1 aliphatic carbocycles. The van der Waals surface area contributed by atoms with Crippen molar-refractivity contribution in [3.05, 3.63) is 35.9 Å². The van der Waals surface area contributed by atoms with E-state index >= 15 is 0 Å². The molecule has 0 bridgehead atoms. The predicted octanol–water partition coefficient (Wildman–Crippen LogP) is 2.15. The molecule has 0 aromatic heterocycles. The van der Waals surface area contributed by atoms with Gasteiger partial charge in [0.25, 0.3) is 10.2 Å². The van der Waals surface area contributed by atoms with Crippen LogP contribution < -0.4 is 0 Å². The number of nitrogens with zero attached hydrogens (tertiary/aromatic N) is 2. The molecule has 1 aromatic carbocycles. The summed E-state index contributed by atoms with van der Waals surface area (Å²) in [6.45, 7) is 1.91. The van der Waals surface area contributed by atoms with Crippen LogP contribution in [0.25, 0.3) is 0 Å². The summed E-state index contributed by atoms with van der Waals surface area (Å²) < 4.78 is 34.0. The molecule has 2 atom stereocenters. The SMILES string of the molecule is CN(C)S(=O)(=O)N1CC[C@H](OCC2CC2)[C@H](Cc2ccccc2)C1. The topological polar surface area (TPSA) is 49.9 Å². The molecule has 0 amide bonds. The Balaban J connectivity index is 1.70. The van der Waals surface area contributed by atoms with Crippen molar-refractivity contribution in [3.63, 3.8) is 0 Å². The lowest BCUT2D eigenvalue weighted by Crippen LogP contribution is -2.50. The average molecular weight is 353 g/mol. The highest BCUT2D eigenvalue weighted by atomic mass is 32.2. The van der Waals surface area contributed by atoms with Crippen molar-refractivity contribution in [1.29, 1.82) is 0 Å². The Morgan fingerprint density at radius 2 is 1.88 bits per heavy atom. The Kier molecular flexibility index (Phi) is 5.59. The maximum absolute atomic E-state index is 12.5. The summed E-state index contributed by atoms with van der Waals surface area (Å²) in [6.07, 6.45) is 4.33. The third kappa shape index (κ3) is 4.36. The van der Waals surface area contributed by atoms with E-state index in [2.05, 4.69) is 12.1 Å². The number of hydrogen-bond donors (Lipinski definition) is 0. The fourth-order valence-electron chi connectivity index (χ4n) is 3.29. The van der Waals surface area contributed by atoms with Crippen LogP contribution in [0, 0.1) is 11.8 Å². The lowest BCUT2D eigenvalue weighted by atomic mass is 9.89. The molecule has 1 saturated carbocycles. The second-order valence-electron chi connectivity index (χ2n) is 7.20. The van der Waals surface area contributed by atoms with Gasteiger partial charge in [-0.15, -0.1) is 0 Å². The van der Waals surface area contributed by atoms with Gasteiger partial charge in [0.05, 0.1) is 6.10 Å². The molecule has 3 rings (SSSR count). The summed E-state index contributed by atoms with van der Waals surface area (Å²) in [5.41, 5.74) is 1.24. The highest BCUT2D eigenvalue weighted by Crippen LogP contribution is 2.32. The molecule has 2 fully saturated rings. The Hall–Kier alpha value is -0.950. The Bertz CT molecular complexity index is 629. The summed E-state index contributed by atoms with van der Waals surface area (Å²) in [5, 5.41) is 0. The fraction of sp³-hybridized carbons (Fsp3) is 0.667. The molecule has 1 heterocycles. The van der Waals surface area contributed by atoms with Crippen LogP contribution in [-0.4, -0.2) is 56.9 Å². The molecular formula is C18H28N2O3S. The first-order valence-electron chi connectivity index (χ1n) is 8.80. The highest BCUT2D eigenvalue weighted by Gasteiger charge is 2.37. The molecule has 5 nitrogen and oxygen atoms in total. The van der Waals surface area contributed by atoms with Gasteiger partial charge in [-0.3, -0.25) is 0 Å². The van der Waals surface area contributed by atoms with Crippen LogP contribution in [-0.2, 0) is 21.4 Å². The summed E-state index contributed by atoms with van der Waals surface area (Å²) in [7, 11) is -0.167.